The lowest BCUT2D eigenvalue weighted by molar-refractivity contribution is -0.137. The fourth-order valence-corrected chi connectivity index (χ4v) is 2.38. The predicted molar refractivity (Wildman–Crippen MR) is 68.7 cm³/mol. The smallest absolute Gasteiger partial charge is 0.303 e. The molecule has 1 aromatic heterocycles. The van der Waals surface area contributed by atoms with Crippen LogP contribution >= 0.6 is 0 Å². The van der Waals surface area contributed by atoms with Crippen molar-refractivity contribution in [3.05, 3.63) is 30.1 Å². The second kappa shape index (κ2) is 4.12. The maximum Gasteiger partial charge on any atom is 0.303 e. The van der Waals surface area contributed by atoms with E-state index in [9.17, 15) is 4.79 Å². The van der Waals surface area contributed by atoms with Gasteiger partial charge in [0.25, 0.3) is 0 Å². The Kier molecular flexibility index (Phi) is 2.58. The maximum atomic E-state index is 10.7. The molecule has 1 saturated carbocycles. The molecule has 94 valence electrons. The Labute approximate surface area is 105 Å². The lowest BCUT2D eigenvalue weighted by atomic mass is 9.97. The minimum Gasteiger partial charge on any atom is -0.481 e. The number of imidazole rings is 1. The number of aliphatic carboxylic acids is 1. The summed E-state index contributed by atoms with van der Waals surface area (Å²) in [5, 5.41) is 8.82. The van der Waals surface area contributed by atoms with E-state index in [0.717, 1.165) is 16.6 Å². The fraction of sp³-hybridized carbons (Fsp3) is 0.429. The Hall–Kier alpha value is -1.84. The van der Waals surface area contributed by atoms with Crippen LogP contribution in [0.25, 0.3) is 11.0 Å². The summed E-state index contributed by atoms with van der Waals surface area (Å²) in [4.78, 5) is 15.1. The molecular formula is C14H16N2O2. The summed E-state index contributed by atoms with van der Waals surface area (Å²) in [6.45, 7) is 1.94. The highest BCUT2D eigenvalue weighted by Gasteiger charge is 2.25. The van der Waals surface area contributed by atoms with Crippen LogP contribution in [0.3, 0.4) is 0 Å². The number of benzene rings is 1. The van der Waals surface area contributed by atoms with Gasteiger partial charge in [-0.05, 0) is 36.5 Å². The minimum absolute atomic E-state index is 0.0259. The molecule has 1 aliphatic rings. The summed E-state index contributed by atoms with van der Waals surface area (Å²) in [6, 6.07) is 6.73. The van der Waals surface area contributed by atoms with Crippen molar-refractivity contribution >= 4 is 17.0 Å². The molecule has 4 nitrogen and oxygen atoms in total. The number of carboxylic acids is 1. The number of fused-ring (bicyclic) bond motifs is 1. The molecule has 4 heteroatoms. The number of hydrogen-bond donors (Lipinski definition) is 1. The van der Waals surface area contributed by atoms with E-state index in [-0.39, 0.29) is 12.3 Å². The summed E-state index contributed by atoms with van der Waals surface area (Å²) in [7, 11) is 0. The minimum atomic E-state index is -0.758. The van der Waals surface area contributed by atoms with Crippen LogP contribution in [-0.4, -0.2) is 20.6 Å². The SMILES string of the molecule is CC(CC(=O)O)c1ccc2c(c1)ncn2C1CC1. The van der Waals surface area contributed by atoms with Crippen LogP contribution in [0.1, 0.15) is 43.7 Å². The quantitative estimate of drug-likeness (QED) is 0.899. The first-order valence-corrected chi connectivity index (χ1v) is 6.33. The van der Waals surface area contributed by atoms with Crippen LogP contribution < -0.4 is 0 Å². The van der Waals surface area contributed by atoms with E-state index in [0.29, 0.717) is 6.04 Å². The van der Waals surface area contributed by atoms with Crippen molar-refractivity contribution in [2.24, 2.45) is 0 Å². The zero-order valence-corrected chi connectivity index (χ0v) is 10.3. The summed E-state index contributed by atoms with van der Waals surface area (Å²) in [5.74, 6) is -0.732. The van der Waals surface area contributed by atoms with E-state index in [4.69, 9.17) is 5.11 Å². The van der Waals surface area contributed by atoms with Crippen molar-refractivity contribution in [3.8, 4) is 0 Å². The third-order valence-corrected chi connectivity index (χ3v) is 3.59. The third kappa shape index (κ3) is 1.98. The summed E-state index contributed by atoms with van der Waals surface area (Å²) in [5.41, 5.74) is 3.17. The topological polar surface area (TPSA) is 55.1 Å². The van der Waals surface area contributed by atoms with Crippen LogP contribution in [0.15, 0.2) is 24.5 Å². The van der Waals surface area contributed by atoms with Gasteiger partial charge in [-0.1, -0.05) is 13.0 Å². The van der Waals surface area contributed by atoms with Crippen molar-refractivity contribution in [2.45, 2.75) is 38.1 Å². The molecular weight excluding hydrogens is 228 g/mol. The Morgan fingerprint density at radius 3 is 3.00 bits per heavy atom. The molecule has 1 aliphatic carbocycles. The van der Waals surface area contributed by atoms with E-state index in [2.05, 4.69) is 15.6 Å². The van der Waals surface area contributed by atoms with Crippen LogP contribution in [-0.2, 0) is 4.79 Å². The molecule has 18 heavy (non-hydrogen) atoms. The zero-order chi connectivity index (χ0) is 12.7. The van der Waals surface area contributed by atoms with Gasteiger partial charge in [-0.2, -0.15) is 0 Å². The zero-order valence-electron chi connectivity index (χ0n) is 10.3. The standard InChI is InChI=1S/C14H16N2O2/c1-9(6-14(17)18)10-2-5-13-12(7-10)15-8-16(13)11-3-4-11/h2,5,7-9,11H,3-4,6H2,1H3,(H,17,18). The second-order valence-electron chi connectivity index (χ2n) is 5.13. The van der Waals surface area contributed by atoms with Crippen LogP contribution in [0.2, 0.25) is 0 Å². The molecule has 1 atom stereocenters. The molecule has 3 rings (SSSR count). The van der Waals surface area contributed by atoms with Gasteiger partial charge in [0, 0.05) is 6.04 Å². The average Bonchev–Trinajstić information content (AvgIpc) is 3.08. The van der Waals surface area contributed by atoms with Crippen molar-refractivity contribution in [1.29, 1.82) is 0 Å². The number of carboxylic acid groups (broad SMARTS) is 1. The molecule has 0 saturated heterocycles. The lowest BCUT2D eigenvalue weighted by Crippen LogP contribution is -2.02. The maximum absolute atomic E-state index is 10.7. The highest BCUT2D eigenvalue weighted by Crippen LogP contribution is 2.37. The first-order chi connectivity index (χ1) is 8.65. The Morgan fingerprint density at radius 2 is 2.33 bits per heavy atom. The Balaban J connectivity index is 1.93. The van der Waals surface area contributed by atoms with Gasteiger partial charge >= 0.3 is 5.97 Å². The van der Waals surface area contributed by atoms with Crippen molar-refractivity contribution in [1.82, 2.24) is 9.55 Å². The molecule has 0 amide bonds. The Morgan fingerprint density at radius 1 is 1.56 bits per heavy atom. The molecule has 1 aromatic carbocycles. The third-order valence-electron chi connectivity index (χ3n) is 3.59. The van der Waals surface area contributed by atoms with Gasteiger partial charge in [-0.25, -0.2) is 4.98 Å². The van der Waals surface area contributed by atoms with E-state index in [1.807, 2.05) is 25.4 Å². The molecule has 0 radical (unpaired) electrons. The molecule has 1 heterocycles. The Bertz CT molecular complexity index is 599. The number of carbonyl (C=O) groups is 1. The number of nitrogens with zero attached hydrogens (tertiary/aromatic N) is 2. The van der Waals surface area contributed by atoms with Crippen molar-refractivity contribution in [2.75, 3.05) is 0 Å². The average molecular weight is 244 g/mol. The normalized spacial score (nSPS) is 16.9. The fourth-order valence-electron chi connectivity index (χ4n) is 2.38. The summed E-state index contributed by atoms with van der Waals surface area (Å²) >= 11 is 0. The van der Waals surface area contributed by atoms with Crippen molar-refractivity contribution in [3.63, 3.8) is 0 Å². The lowest BCUT2D eigenvalue weighted by Gasteiger charge is -2.09. The van der Waals surface area contributed by atoms with E-state index >= 15 is 0 Å². The molecule has 1 N–H and O–H groups in total. The molecule has 0 aliphatic heterocycles. The highest BCUT2D eigenvalue weighted by molar-refractivity contribution is 5.77. The summed E-state index contributed by atoms with van der Waals surface area (Å²) in [6.07, 6.45) is 4.54. The van der Waals surface area contributed by atoms with Crippen LogP contribution in [0.5, 0.6) is 0 Å². The first-order valence-electron chi connectivity index (χ1n) is 6.33. The molecule has 0 spiro atoms. The van der Waals surface area contributed by atoms with Gasteiger partial charge in [0.05, 0.1) is 23.8 Å². The molecule has 2 aromatic rings. The van der Waals surface area contributed by atoms with Crippen LogP contribution in [0, 0.1) is 0 Å². The van der Waals surface area contributed by atoms with E-state index in [1.54, 1.807) is 0 Å². The largest absolute Gasteiger partial charge is 0.481 e. The molecule has 1 fully saturated rings. The number of rotatable bonds is 4. The van der Waals surface area contributed by atoms with Gasteiger partial charge in [0.15, 0.2) is 0 Å². The van der Waals surface area contributed by atoms with Gasteiger partial charge in [0.2, 0.25) is 0 Å². The van der Waals surface area contributed by atoms with Gasteiger partial charge in [-0.3, -0.25) is 4.79 Å². The first kappa shape index (κ1) is 11.3. The monoisotopic (exact) mass is 244 g/mol. The van der Waals surface area contributed by atoms with Gasteiger partial charge < -0.3 is 9.67 Å². The second-order valence-corrected chi connectivity index (χ2v) is 5.13. The van der Waals surface area contributed by atoms with E-state index in [1.165, 1.54) is 12.8 Å². The molecule has 1 unspecified atom stereocenters. The summed E-state index contributed by atoms with van der Waals surface area (Å²) < 4.78 is 2.22. The van der Waals surface area contributed by atoms with Gasteiger partial charge in [0.1, 0.15) is 0 Å². The molecule has 0 bridgehead atoms. The highest BCUT2D eigenvalue weighted by atomic mass is 16.4. The van der Waals surface area contributed by atoms with Crippen molar-refractivity contribution < 1.29 is 9.90 Å². The van der Waals surface area contributed by atoms with Gasteiger partial charge in [-0.15, -0.1) is 0 Å². The number of hydrogen-bond acceptors (Lipinski definition) is 2. The van der Waals surface area contributed by atoms with E-state index < -0.39 is 5.97 Å². The predicted octanol–water partition coefficient (Wildman–Crippen LogP) is 2.95. The van der Waals surface area contributed by atoms with Crippen LogP contribution in [0.4, 0.5) is 0 Å². The number of aromatic nitrogens is 2.